The summed E-state index contributed by atoms with van der Waals surface area (Å²) in [7, 11) is 0. The van der Waals surface area contributed by atoms with E-state index in [1.54, 1.807) is 18.2 Å². The molecule has 3 rings (SSSR count). The van der Waals surface area contributed by atoms with E-state index in [9.17, 15) is 22.8 Å². The molecule has 0 unspecified atom stereocenters. The molecule has 0 radical (unpaired) electrons. The zero-order valence-electron chi connectivity index (χ0n) is 14.6. The fourth-order valence-corrected chi connectivity index (χ4v) is 2.91. The van der Waals surface area contributed by atoms with Crippen LogP contribution < -0.4 is 9.47 Å². The minimum atomic E-state index is -4.72. The van der Waals surface area contributed by atoms with Crippen LogP contribution in [0.1, 0.15) is 26.3 Å². The second-order valence-corrected chi connectivity index (χ2v) is 6.60. The summed E-state index contributed by atoms with van der Waals surface area (Å²) in [6.07, 6.45) is -4.72. The summed E-state index contributed by atoms with van der Waals surface area (Å²) in [6.45, 7) is 0. The van der Waals surface area contributed by atoms with Crippen LogP contribution in [0.25, 0.3) is 0 Å². The highest BCUT2D eigenvalue weighted by Crippen LogP contribution is 2.34. The lowest BCUT2D eigenvalue weighted by Gasteiger charge is -2.14. The van der Waals surface area contributed by atoms with Crippen LogP contribution in [0.5, 0.6) is 11.5 Å². The van der Waals surface area contributed by atoms with E-state index < -0.39 is 29.2 Å². The molecular weight excluding hydrogens is 453 g/mol. The maximum absolute atomic E-state index is 13.1. The Kier molecular flexibility index (Phi) is 6.03. The summed E-state index contributed by atoms with van der Waals surface area (Å²) in [5, 5.41) is 0. The molecule has 0 fully saturated rings. The lowest BCUT2D eigenvalue weighted by Crippen LogP contribution is -2.17. The van der Waals surface area contributed by atoms with E-state index in [0.717, 1.165) is 12.1 Å². The highest BCUT2D eigenvalue weighted by Gasteiger charge is 2.35. The molecule has 8 heteroatoms. The molecule has 29 heavy (non-hydrogen) atoms. The SMILES string of the molecule is O=C(Oc1ccccc1OC(=O)c1ccccc1C(F)(F)F)c1ccccc1Br. The van der Waals surface area contributed by atoms with Crippen molar-refractivity contribution in [2.45, 2.75) is 6.18 Å². The van der Waals surface area contributed by atoms with Crippen molar-refractivity contribution < 1.29 is 32.2 Å². The number of para-hydroxylation sites is 2. The average Bonchev–Trinajstić information content (AvgIpc) is 2.69. The predicted octanol–water partition coefficient (Wildman–Crippen LogP) is 5.91. The third kappa shape index (κ3) is 4.83. The van der Waals surface area contributed by atoms with Crippen molar-refractivity contribution in [3.05, 3.63) is 94.0 Å². The van der Waals surface area contributed by atoms with Gasteiger partial charge in [0.2, 0.25) is 0 Å². The van der Waals surface area contributed by atoms with Crippen LogP contribution in [0.4, 0.5) is 13.2 Å². The first-order valence-corrected chi connectivity index (χ1v) is 9.01. The van der Waals surface area contributed by atoms with Gasteiger partial charge in [-0.05, 0) is 52.3 Å². The summed E-state index contributed by atoms with van der Waals surface area (Å²) in [5.74, 6) is -2.24. The molecule has 0 saturated carbocycles. The van der Waals surface area contributed by atoms with Crippen molar-refractivity contribution in [1.82, 2.24) is 0 Å². The Morgan fingerprint density at radius 1 is 0.690 bits per heavy atom. The first-order chi connectivity index (χ1) is 13.8. The highest BCUT2D eigenvalue weighted by atomic mass is 79.9. The van der Waals surface area contributed by atoms with Crippen LogP contribution in [0.2, 0.25) is 0 Å². The normalized spacial score (nSPS) is 11.0. The number of carbonyl (C=O) groups excluding carboxylic acids is 2. The van der Waals surface area contributed by atoms with Gasteiger partial charge in [0.05, 0.1) is 16.7 Å². The molecule has 0 saturated heterocycles. The average molecular weight is 465 g/mol. The molecule has 0 N–H and O–H groups in total. The summed E-state index contributed by atoms with van der Waals surface area (Å²) >= 11 is 3.23. The van der Waals surface area contributed by atoms with Crippen LogP contribution in [-0.4, -0.2) is 11.9 Å². The largest absolute Gasteiger partial charge is 0.419 e. The molecule has 0 spiro atoms. The van der Waals surface area contributed by atoms with E-state index in [1.165, 1.54) is 42.5 Å². The quantitative estimate of drug-likeness (QED) is 0.356. The molecule has 3 aromatic rings. The zero-order valence-corrected chi connectivity index (χ0v) is 16.2. The van der Waals surface area contributed by atoms with Gasteiger partial charge in [0.15, 0.2) is 11.5 Å². The van der Waals surface area contributed by atoms with E-state index in [0.29, 0.717) is 4.47 Å². The monoisotopic (exact) mass is 464 g/mol. The third-order valence-corrected chi connectivity index (χ3v) is 4.49. The molecule has 0 amide bonds. The van der Waals surface area contributed by atoms with Crippen molar-refractivity contribution in [1.29, 1.82) is 0 Å². The Labute approximate surface area is 172 Å². The van der Waals surface area contributed by atoms with Gasteiger partial charge >= 0.3 is 18.1 Å². The maximum atomic E-state index is 13.1. The lowest BCUT2D eigenvalue weighted by molar-refractivity contribution is -0.138. The van der Waals surface area contributed by atoms with Crippen LogP contribution in [0.3, 0.4) is 0 Å². The fraction of sp³-hybridized carbons (Fsp3) is 0.0476. The van der Waals surface area contributed by atoms with Gasteiger partial charge in [-0.15, -0.1) is 0 Å². The molecule has 148 valence electrons. The Bertz CT molecular complexity index is 1060. The summed E-state index contributed by atoms with van der Waals surface area (Å²) in [4.78, 5) is 24.8. The van der Waals surface area contributed by atoms with Crippen molar-refractivity contribution in [3.8, 4) is 11.5 Å². The topological polar surface area (TPSA) is 52.6 Å². The van der Waals surface area contributed by atoms with Gasteiger partial charge in [-0.25, -0.2) is 9.59 Å². The molecule has 0 aliphatic rings. The van der Waals surface area contributed by atoms with Gasteiger partial charge in [-0.1, -0.05) is 36.4 Å². The molecule has 4 nitrogen and oxygen atoms in total. The summed E-state index contributed by atoms with van der Waals surface area (Å²) in [6, 6.07) is 16.5. The van der Waals surface area contributed by atoms with Gasteiger partial charge in [0.25, 0.3) is 0 Å². The van der Waals surface area contributed by atoms with Gasteiger partial charge < -0.3 is 9.47 Å². The van der Waals surface area contributed by atoms with E-state index in [4.69, 9.17) is 9.47 Å². The molecular formula is C21H12BrF3O4. The number of carbonyl (C=O) groups is 2. The van der Waals surface area contributed by atoms with Crippen LogP contribution >= 0.6 is 15.9 Å². The number of benzene rings is 3. The minimum Gasteiger partial charge on any atom is -0.419 e. The Hall–Kier alpha value is -3.13. The summed E-state index contributed by atoms with van der Waals surface area (Å²) < 4.78 is 50.3. The number of halogens is 4. The summed E-state index contributed by atoms with van der Waals surface area (Å²) in [5.41, 5.74) is -1.53. The number of alkyl halides is 3. The molecule has 0 aromatic heterocycles. The second kappa shape index (κ2) is 8.48. The number of ether oxygens (including phenoxy) is 2. The van der Waals surface area contributed by atoms with Crippen LogP contribution in [-0.2, 0) is 6.18 Å². The van der Waals surface area contributed by atoms with Gasteiger partial charge in [0.1, 0.15) is 0 Å². The second-order valence-electron chi connectivity index (χ2n) is 5.75. The molecule has 3 aromatic carbocycles. The number of rotatable bonds is 4. The molecule has 0 atom stereocenters. The lowest BCUT2D eigenvalue weighted by atomic mass is 10.1. The van der Waals surface area contributed by atoms with E-state index >= 15 is 0 Å². The Morgan fingerprint density at radius 2 is 1.14 bits per heavy atom. The molecule has 0 bridgehead atoms. The Balaban J connectivity index is 1.86. The van der Waals surface area contributed by atoms with E-state index in [1.807, 2.05) is 0 Å². The first kappa shape index (κ1) is 20.6. The van der Waals surface area contributed by atoms with Gasteiger partial charge in [-0.3, -0.25) is 0 Å². The predicted molar refractivity (Wildman–Crippen MR) is 102 cm³/mol. The van der Waals surface area contributed by atoms with Crippen LogP contribution in [0, 0.1) is 0 Å². The zero-order chi connectivity index (χ0) is 21.0. The van der Waals surface area contributed by atoms with E-state index in [2.05, 4.69) is 15.9 Å². The van der Waals surface area contributed by atoms with Crippen LogP contribution in [0.15, 0.2) is 77.3 Å². The standard InChI is InChI=1S/C21H12BrF3O4/c22-16-10-4-2-8-14(16)20(27)29-18-12-6-5-11-17(18)28-19(26)13-7-1-3-9-15(13)21(23,24)25/h1-12H. The molecule has 0 aliphatic heterocycles. The van der Waals surface area contributed by atoms with Gasteiger partial charge in [-0.2, -0.15) is 13.2 Å². The Morgan fingerprint density at radius 3 is 1.69 bits per heavy atom. The smallest absolute Gasteiger partial charge is 0.417 e. The van der Waals surface area contributed by atoms with Crippen molar-refractivity contribution in [2.75, 3.05) is 0 Å². The number of hydrogen-bond acceptors (Lipinski definition) is 4. The fourth-order valence-electron chi connectivity index (χ4n) is 2.46. The first-order valence-electron chi connectivity index (χ1n) is 8.21. The van der Waals surface area contributed by atoms with Crippen molar-refractivity contribution in [3.63, 3.8) is 0 Å². The van der Waals surface area contributed by atoms with E-state index in [-0.39, 0.29) is 17.1 Å². The third-order valence-electron chi connectivity index (χ3n) is 3.80. The van der Waals surface area contributed by atoms with Gasteiger partial charge in [0, 0.05) is 4.47 Å². The van der Waals surface area contributed by atoms with Crippen molar-refractivity contribution >= 4 is 27.9 Å². The van der Waals surface area contributed by atoms with Crippen molar-refractivity contribution in [2.24, 2.45) is 0 Å². The molecule has 0 aliphatic carbocycles. The highest BCUT2D eigenvalue weighted by molar-refractivity contribution is 9.10. The number of hydrogen-bond donors (Lipinski definition) is 0. The number of esters is 2. The molecule has 0 heterocycles. The minimum absolute atomic E-state index is 0.105. The maximum Gasteiger partial charge on any atom is 0.417 e.